The average molecular weight is 456 g/mol. The van der Waals surface area contributed by atoms with Crippen LogP contribution in [-0.4, -0.2) is 31.2 Å². The zero-order valence-corrected chi connectivity index (χ0v) is 18.9. The highest BCUT2D eigenvalue weighted by Gasteiger charge is 2.34. The van der Waals surface area contributed by atoms with E-state index in [0.717, 1.165) is 17.8 Å². The lowest BCUT2D eigenvalue weighted by Crippen LogP contribution is -2.25. The van der Waals surface area contributed by atoms with Crippen LogP contribution in [0.3, 0.4) is 0 Å². The van der Waals surface area contributed by atoms with Crippen LogP contribution in [-0.2, 0) is 6.18 Å². The second kappa shape index (κ2) is 9.17. The molecule has 0 spiro atoms. The number of nitrogens with two attached hydrogens (primary N) is 1. The molecule has 0 radical (unpaired) electrons. The Hall–Kier alpha value is -2.75. The molecular formula is C21H25F4N5S. The second-order valence-electron chi connectivity index (χ2n) is 6.66. The standard InChI is InChI=1S/C19H19F4N5S.C2H6/c1-8(28(3)4)10-7-11(19(21,22)23)13(14(20)15(10)26-2)9-5-6-12(24)17-16(9)27-18(25)29-17;1-2/h5-7,25-26H,24H2,1-4H3;1-2H3/b10-8+,13-9+,25-18?;. The number of hydrogen-bond acceptors (Lipinski definition) is 5. The molecule has 3 rings (SSSR count). The summed E-state index contributed by atoms with van der Waals surface area (Å²) in [7, 11) is 4.79. The summed E-state index contributed by atoms with van der Waals surface area (Å²) in [4.78, 5) is 5.96. The van der Waals surface area contributed by atoms with Crippen molar-refractivity contribution < 1.29 is 17.6 Å². The van der Waals surface area contributed by atoms with Crippen LogP contribution in [0.4, 0.5) is 28.9 Å². The van der Waals surface area contributed by atoms with E-state index in [4.69, 9.17) is 11.1 Å². The molecule has 5 nitrogen and oxygen atoms in total. The number of nitrogen functional groups attached to an aromatic ring is 1. The summed E-state index contributed by atoms with van der Waals surface area (Å²) >= 11 is 0.929. The van der Waals surface area contributed by atoms with E-state index in [-0.39, 0.29) is 32.3 Å². The number of hydrogen-bond donors (Lipinski definition) is 3. The quantitative estimate of drug-likeness (QED) is 0.470. The van der Waals surface area contributed by atoms with Crippen LogP contribution in [0.2, 0.25) is 0 Å². The first-order valence-electron chi connectivity index (χ1n) is 9.51. The fourth-order valence-electron chi connectivity index (χ4n) is 3.14. The normalized spacial score (nSPS) is 14.8. The lowest BCUT2D eigenvalue weighted by Gasteiger charge is -2.18. The van der Waals surface area contributed by atoms with Gasteiger partial charge in [0.2, 0.25) is 0 Å². The van der Waals surface area contributed by atoms with E-state index in [1.54, 1.807) is 25.9 Å². The van der Waals surface area contributed by atoms with Crippen molar-refractivity contribution >= 4 is 34.0 Å². The number of nitrogens with zero attached hydrogens (tertiary/aromatic N) is 2. The van der Waals surface area contributed by atoms with Crippen LogP contribution in [0.5, 0.6) is 0 Å². The highest BCUT2D eigenvalue weighted by atomic mass is 32.2. The topological polar surface area (TPSA) is 77.5 Å². The molecule has 1 aliphatic rings. The molecule has 0 aromatic heterocycles. The van der Waals surface area contributed by atoms with Gasteiger partial charge in [-0.3, -0.25) is 5.41 Å². The number of nitrogens with one attached hydrogen (secondary N) is 2. The van der Waals surface area contributed by atoms with Crippen molar-refractivity contribution in [2.24, 2.45) is 4.99 Å². The van der Waals surface area contributed by atoms with Gasteiger partial charge in [-0.15, -0.1) is 0 Å². The van der Waals surface area contributed by atoms with Gasteiger partial charge in [-0.2, -0.15) is 13.2 Å². The molecule has 31 heavy (non-hydrogen) atoms. The van der Waals surface area contributed by atoms with Crippen molar-refractivity contribution in [3.8, 4) is 0 Å². The second-order valence-corrected chi connectivity index (χ2v) is 7.66. The predicted octanol–water partition coefficient (Wildman–Crippen LogP) is 4.13. The zero-order chi connectivity index (χ0) is 23.7. The number of halogens is 4. The van der Waals surface area contributed by atoms with Gasteiger partial charge in [0, 0.05) is 48.2 Å². The van der Waals surface area contributed by atoms with Crippen molar-refractivity contribution in [2.75, 3.05) is 32.2 Å². The number of anilines is 2. The molecule has 2 aromatic rings. The summed E-state index contributed by atoms with van der Waals surface area (Å²) < 4.78 is 57.5. The molecule has 1 aliphatic heterocycles. The predicted molar refractivity (Wildman–Crippen MR) is 118 cm³/mol. The average Bonchev–Trinajstić information content (AvgIpc) is 3.10. The van der Waals surface area contributed by atoms with Gasteiger partial charge in [0.05, 0.1) is 21.5 Å². The van der Waals surface area contributed by atoms with Crippen LogP contribution < -0.4 is 21.6 Å². The summed E-state index contributed by atoms with van der Waals surface area (Å²) in [5.74, 6) is -1.04. The van der Waals surface area contributed by atoms with Gasteiger partial charge in [-0.25, -0.2) is 9.38 Å². The lowest BCUT2D eigenvalue weighted by molar-refractivity contribution is -0.138. The van der Waals surface area contributed by atoms with Crippen molar-refractivity contribution in [3.63, 3.8) is 0 Å². The number of rotatable bonds is 2. The van der Waals surface area contributed by atoms with Gasteiger partial charge in [-0.1, -0.05) is 13.8 Å². The maximum Gasteiger partial charge on any atom is 0.417 e. The molecule has 0 amide bonds. The molecule has 10 heteroatoms. The minimum Gasteiger partial charge on any atom is -0.398 e. The van der Waals surface area contributed by atoms with Crippen LogP contribution >= 0.6 is 11.8 Å². The summed E-state index contributed by atoms with van der Waals surface area (Å²) in [5.41, 5.74) is 5.46. The molecule has 2 aromatic carbocycles. The number of amidine groups is 1. The highest BCUT2D eigenvalue weighted by Crippen LogP contribution is 2.33. The van der Waals surface area contributed by atoms with E-state index in [9.17, 15) is 13.2 Å². The SMILES string of the molecule is CC.CNc1c(F)/c(=c2\ccc(N)c3c2=NC(=N)S3)c(C(F)(F)F)c/c1=C(/C)N(C)C. The number of thioether (sulfide) groups is 1. The zero-order valence-electron chi connectivity index (χ0n) is 18.1. The Balaban J connectivity index is 0.00000166. The monoisotopic (exact) mass is 455 g/mol. The van der Waals surface area contributed by atoms with Crippen molar-refractivity contribution in [1.82, 2.24) is 4.90 Å². The summed E-state index contributed by atoms with van der Waals surface area (Å²) in [6, 6.07) is 3.65. The molecule has 0 saturated carbocycles. The molecule has 0 aliphatic carbocycles. The Morgan fingerprint density at radius 3 is 2.35 bits per heavy atom. The van der Waals surface area contributed by atoms with E-state index >= 15 is 4.39 Å². The van der Waals surface area contributed by atoms with Crippen molar-refractivity contribution in [2.45, 2.75) is 31.8 Å². The Morgan fingerprint density at radius 2 is 1.84 bits per heavy atom. The van der Waals surface area contributed by atoms with Crippen molar-refractivity contribution in [3.05, 3.63) is 50.6 Å². The van der Waals surface area contributed by atoms with Crippen LogP contribution in [0.25, 0.3) is 5.70 Å². The molecule has 0 bridgehead atoms. The molecule has 0 unspecified atom stereocenters. The van der Waals surface area contributed by atoms with Crippen LogP contribution in [0.15, 0.2) is 28.1 Å². The maximum atomic E-state index is 15.6. The largest absolute Gasteiger partial charge is 0.417 e. The third-order valence-electron chi connectivity index (χ3n) is 4.73. The summed E-state index contributed by atoms with van der Waals surface area (Å²) in [5, 5.41) is 9.82. The number of alkyl halides is 3. The van der Waals surface area contributed by atoms with E-state index in [1.165, 1.54) is 19.2 Å². The maximum absolute atomic E-state index is 15.6. The highest BCUT2D eigenvalue weighted by molar-refractivity contribution is 8.14. The van der Waals surface area contributed by atoms with Gasteiger partial charge < -0.3 is 16.0 Å². The Labute approximate surface area is 181 Å². The molecule has 168 valence electrons. The molecule has 0 fully saturated rings. The minimum atomic E-state index is -4.81. The van der Waals surface area contributed by atoms with E-state index in [1.807, 2.05) is 13.8 Å². The minimum absolute atomic E-state index is 0.0505. The van der Waals surface area contributed by atoms with Crippen molar-refractivity contribution in [1.29, 1.82) is 5.41 Å². The molecule has 0 atom stereocenters. The Bertz CT molecular complexity index is 1240. The number of benzene rings is 2. The summed E-state index contributed by atoms with van der Waals surface area (Å²) in [6.07, 6.45) is -4.81. The lowest BCUT2D eigenvalue weighted by atomic mass is 10.0. The fraction of sp³-hybridized carbons (Fsp3) is 0.333. The Morgan fingerprint density at radius 1 is 1.23 bits per heavy atom. The van der Waals surface area contributed by atoms with Gasteiger partial charge in [-0.05, 0) is 36.9 Å². The fourth-order valence-corrected chi connectivity index (χ4v) is 3.90. The Kier molecular flexibility index (Phi) is 7.25. The molecule has 0 saturated heterocycles. The smallest absolute Gasteiger partial charge is 0.398 e. The molecular weight excluding hydrogens is 430 g/mol. The third-order valence-corrected chi connectivity index (χ3v) is 5.64. The summed E-state index contributed by atoms with van der Waals surface area (Å²) in [6.45, 7) is 5.61. The molecule has 1 heterocycles. The first-order chi connectivity index (χ1) is 14.5. The van der Waals surface area contributed by atoms with E-state index in [0.29, 0.717) is 10.6 Å². The van der Waals surface area contributed by atoms with E-state index < -0.39 is 22.8 Å². The number of fused-ring (bicyclic) bond motifs is 1. The van der Waals surface area contributed by atoms with Gasteiger partial charge in [0.15, 0.2) is 11.0 Å². The van der Waals surface area contributed by atoms with Gasteiger partial charge in [0.1, 0.15) is 0 Å². The van der Waals surface area contributed by atoms with Gasteiger partial charge in [0.25, 0.3) is 0 Å². The molecule has 4 N–H and O–H groups in total. The first-order valence-corrected chi connectivity index (χ1v) is 10.3. The first kappa shape index (κ1) is 24.5. The van der Waals surface area contributed by atoms with Crippen LogP contribution in [0, 0.1) is 21.7 Å². The van der Waals surface area contributed by atoms with E-state index in [2.05, 4.69) is 10.3 Å². The third kappa shape index (κ3) is 4.48. The van der Waals surface area contributed by atoms with Gasteiger partial charge >= 0.3 is 6.18 Å². The van der Waals surface area contributed by atoms with Crippen LogP contribution in [0.1, 0.15) is 26.3 Å².